The fourth-order valence-corrected chi connectivity index (χ4v) is 2.81. The van der Waals surface area contributed by atoms with Crippen molar-refractivity contribution in [2.75, 3.05) is 10.6 Å². The summed E-state index contributed by atoms with van der Waals surface area (Å²) in [6, 6.07) is 10.1. The van der Waals surface area contributed by atoms with Gasteiger partial charge in [-0.15, -0.1) is 0 Å². The van der Waals surface area contributed by atoms with Crippen LogP contribution < -0.4 is 10.6 Å². The number of hydrogen-bond donors (Lipinski definition) is 2. The molecule has 2 aromatic rings. The summed E-state index contributed by atoms with van der Waals surface area (Å²) in [6.45, 7) is 3.73. The predicted octanol–water partition coefficient (Wildman–Crippen LogP) is 4.48. The normalized spacial score (nSPS) is 15.0. The van der Waals surface area contributed by atoms with Gasteiger partial charge >= 0.3 is 0 Å². The molecule has 3 rings (SSSR count). The van der Waals surface area contributed by atoms with Crippen molar-refractivity contribution in [1.82, 2.24) is 0 Å². The Morgan fingerprint density at radius 2 is 1.83 bits per heavy atom. The Kier molecular flexibility index (Phi) is 3.82. The van der Waals surface area contributed by atoms with E-state index in [1.807, 2.05) is 19.9 Å². The zero-order valence-electron chi connectivity index (χ0n) is 12.5. The molecule has 1 heterocycles. The van der Waals surface area contributed by atoms with Crippen molar-refractivity contribution in [2.24, 2.45) is 0 Å². The average Bonchev–Trinajstić information content (AvgIpc) is 2.71. The van der Waals surface area contributed by atoms with Gasteiger partial charge in [0.2, 0.25) is 5.91 Å². The van der Waals surface area contributed by atoms with E-state index in [4.69, 9.17) is 23.2 Å². The third-order valence-corrected chi connectivity index (χ3v) is 4.69. The summed E-state index contributed by atoms with van der Waals surface area (Å²) in [5, 5.41) is 6.33. The number of nitrogens with one attached hydrogen (secondary N) is 2. The lowest BCUT2D eigenvalue weighted by atomic mass is 9.86. The van der Waals surface area contributed by atoms with Gasteiger partial charge in [0.05, 0.1) is 15.5 Å². The van der Waals surface area contributed by atoms with E-state index in [0.29, 0.717) is 27.0 Å². The van der Waals surface area contributed by atoms with E-state index in [0.717, 1.165) is 5.56 Å². The number of rotatable bonds is 2. The molecule has 0 aromatic heterocycles. The highest BCUT2D eigenvalue weighted by Gasteiger charge is 2.38. The molecule has 0 spiro atoms. The summed E-state index contributed by atoms with van der Waals surface area (Å²) in [6.07, 6.45) is 0. The van der Waals surface area contributed by atoms with Gasteiger partial charge in [-0.25, -0.2) is 0 Å². The standard InChI is InChI=1S/C17H14Cl2N2O2/c1-17(2)11-5-4-10(8-14(11)21-16(17)23)20-15(22)9-3-6-12(18)13(19)7-9/h3-8H,1-2H3,(H,20,22)(H,21,23). The molecular formula is C17H14Cl2N2O2. The summed E-state index contributed by atoms with van der Waals surface area (Å²) >= 11 is 11.8. The van der Waals surface area contributed by atoms with Crippen molar-refractivity contribution in [3.63, 3.8) is 0 Å². The zero-order valence-corrected chi connectivity index (χ0v) is 14.0. The molecule has 0 saturated carbocycles. The molecule has 0 saturated heterocycles. The molecule has 1 aliphatic heterocycles. The monoisotopic (exact) mass is 348 g/mol. The summed E-state index contributed by atoms with van der Waals surface area (Å²) in [7, 11) is 0. The second-order valence-electron chi connectivity index (χ2n) is 5.92. The van der Waals surface area contributed by atoms with Gasteiger partial charge in [-0.2, -0.15) is 0 Å². The van der Waals surface area contributed by atoms with E-state index >= 15 is 0 Å². The number of anilines is 2. The first-order chi connectivity index (χ1) is 10.8. The van der Waals surface area contributed by atoms with Crippen molar-refractivity contribution >= 4 is 46.4 Å². The van der Waals surface area contributed by atoms with Gasteiger partial charge in [0.1, 0.15) is 0 Å². The maximum atomic E-state index is 12.3. The van der Waals surface area contributed by atoms with Gasteiger partial charge in [0, 0.05) is 16.9 Å². The van der Waals surface area contributed by atoms with Gasteiger partial charge in [-0.05, 0) is 49.7 Å². The minimum Gasteiger partial charge on any atom is -0.325 e. The Morgan fingerprint density at radius 1 is 1.09 bits per heavy atom. The molecule has 2 amide bonds. The first-order valence-electron chi connectivity index (χ1n) is 7.01. The molecule has 23 heavy (non-hydrogen) atoms. The number of benzene rings is 2. The van der Waals surface area contributed by atoms with Crippen LogP contribution in [0.2, 0.25) is 10.0 Å². The van der Waals surface area contributed by atoms with Gasteiger partial charge in [-0.1, -0.05) is 29.3 Å². The Morgan fingerprint density at radius 3 is 2.52 bits per heavy atom. The molecule has 6 heteroatoms. The van der Waals surface area contributed by atoms with Gasteiger partial charge < -0.3 is 10.6 Å². The molecular weight excluding hydrogens is 335 g/mol. The minimum absolute atomic E-state index is 0.0551. The Balaban J connectivity index is 1.84. The van der Waals surface area contributed by atoms with Crippen LogP contribution in [0.25, 0.3) is 0 Å². The third-order valence-electron chi connectivity index (χ3n) is 3.95. The largest absolute Gasteiger partial charge is 0.325 e. The Bertz CT molecular complexity index is 831. The third kappa shape index (κ3) is 2.80. The van der Waals surface area contributed by atoms with Crippen LogP contribution in [0.5, 0.6) is 0 Å². The van der Waals surface area contributed by atoms with Crippen LogP contribution in [0.4, 0.5) is 11.4 Å². The number of carbonyl (C=O) groups excluding carboxylic acids is 2. The molecule has 1 aliphatic rings. The molecule has 4 nitrogen and oxygen atoms in total. The molecule has 2 aromatic carbocycles. The first kappa shape index (κ1) is 15.8. The van der Waals surface area contributed by atoms with Crippen molar-refractivity contribution in [3.8, 4) is 0 Å². The summed E-state index contributed by atoms with van der Waals surface area (Å²) in [5.41, 5.74) is 2.06. The summed E-state index contributed by atoms with van der Waals surface area (Å²) in [4.78, 5) is 24.2. The molecule has 2 N–H and O–H groups in total. The number of hydrogen-bond acceptors (Lipinski definition) is 2. The zero-order chi connectivity index (χ0) is 16.8. The fourth-order valence-electron chi connectivity index (χ4n) is 2.51. The smallest absolute Gasteiger partial charge is 0.255 e. The van der Waals surface area contributed by atoms with Crippen LogP contribution in [0, 0.1) is 0 Å². The summed E-state index contributed by atoms with van der Waals surface area (Å²) in [5.74, 6) is -0.354. The summed E-state index contributed by atoms with van der Waals surface area (Å²) < 4.78 is 0. The highest BCUT2D eigenvalue weighted by atomic mass is 35.5. The van der Waals surface area contributed by atoms with Crippen molar-refractivity contribution in [3.05, 3.63) is 57.6 Å². The van der Waals surface area contributed by atoms with Crippen LogP contribution in [0.15, 0.2) is 36.4 Å². The van der Waals surface area contributed by atoms with Crippen molar-refractivity contribution in [1.29, 1.82) is 0 Å². The fraction of sp³-hybridized carbons (Fsp3) is 0.176. The van der Waals surface area contributed by atoms with E-state index in [1.54, 1.807) is 24.3 Å². The number of amides is 2. The molecule has 0 bridgehead atoms. The lowest BCUT2D eigenvalue weighted by Crippen LogP contribution is -2.26. The lowest BCUT2D eigenvalue weighted by Gasteiger charge is -2.15. The quantitative estimate of drug-likeness (QED) is 0.840. The van der Waals surface area contributed by atoms with Crippen LogP contribution in [0.3, 0.4) is 0 Å². The van der Waals surface area contributed by atoms with Crippen LogP contribution >= 0.6 is 23.2 Å². The van der Waals surface area contributed by atoms with E-state index < -0.39 is 5.41 Å². The van der Waals surface area contributed by atoms with Crippen LogP contribution in [0.1, 0.15) is 29.8 Å². The topological polar surface area (TPSA) is 58.2 Å². The van der Waals surface area contributed by atoms with E-state index in [1.165, 1.54) is 6.07 Å². The van der Waals surface area contributed by atoms with Crippen LogP contribution in [-0.2, 0) is 10.2 Å². The Hall–Kier alpha value is -2.04. The Labute approximate surface area is 143 Å². The van der Waals surface area contributed by atoms with Crippen molar-refractivity contribution in [2.45, 2.75) is 19.3 Å². The maximum absolute atomic E-state index is 12.3. The average molecular weight is 349 g/mol. The SMILES string of the molecule is CC1(C)C(=O)Nc2cc(NC(=O)c3ccc(Cl)c(Cl)c3)ccc21. The van der Waals surface area contributed by atoms with Crippen LogP contribution in [-0.4, -0.2) is 11.8 Å². The van der Waals surface area contributed by atoms with E-state index in [2.05, 4.69) is 10.6 Å². The molecule has 0 aliphatic carbocycles. The van der Waals surface area contributed by atoms with Gasteiger partial charge in [0.25, 0.3) is 5.91 Å². The number of halogens is 2. The molecule has 0 fully saturated rings. The molecule has 0 atom stereocenters. The minimum atomic E-state index is -0.568. The van der Waals surface area contributed by atoms with Gasteiger partial charge in [-0.3, -0.25) is 9.59 Å². The second-order valence-corrected chi connectivity index (χ2v) is 6.74. The highest BCUT2D eigenvalue weighted by Crippen LogP contribution is 2.38. The first-order valence-corrected chi connectivity index (χ1v) is 7.77. The van der Waals surface area contributed by atoms with Gasteiger partial charge in [0.15, 0.2) is 0 Å². The van der Waals surface area contributed by atoms with E-state index in [9.17, 15) is 9.59 Å². The number of fused-ring (bicyclic) bond motifs is 1. The lowest BCUT2D eigenvalue weighted by molar-refractivity contribution is -0.119. The molecule has 0 radical (unpaired) electrons. The second kappa shape index (κ2) is 5.55. The molecule has 118 valence electrons. The maximum Gasteiger partial charge on any atom is 0.255 e. The highest BCUT2D eigenvalue weighted by molar-refractivity contribution is 6.42. The predicted molar refractivity (Wildman–Crippen MR) is 92.5 cm³/mol. The number of carbonyl (C=O) groups is 2. The van der Waals surface area contributed by atoms with Crippen molar-refractivity contribution < 1.29 is 9.59 Å². The molecule has 0 unspecified atom stereocenters. The van der Waals surface area contributed by atoms with E-state index in [-0.39, 0.29) is 11.8 Å².